The Labute approximate surface area is 157 Å². The van der Waals surface area contributed by atoms with Crippen molar-refractivity contribution in [2.75, 3.05) is 12.4 Å². The first-order chi connectivity index (χ1) is 11.7. The molecular weight excluding hydrogens is 356 g/mol. The van der Waals surface area contributed by atoms with Crippen molar-refractivity contribution in [1.29, 1.82) is 0 Å². The third-order valence-electron chi connectivity index (χ3n) is 3.77. The number of methoxy groups -OCH3 is 1. The maximum atomic E-state index is 11.9. The Bertz CT molecular complexity index is 732. The molecule has 2 aromatic rings. The van der Waals surface area contributed by atoms with E-state index in [-0.39, 0.29) is 17.4 Å². The van der Waals surface area contributed by atoms with Crippen molar-refractivity contribution in [3.63, 3.8) is 0 Å². The smallest absolute Gasteiger partial charge is 0.340 e. The molecule has 0 fully saturated rings. The summed E-state index contributed by atoms with van der Waals surface area (Å²) in [6.45, 7) is 9.06. The predicted octanol–water partition coefficient (Wildman–Crippen LogP) is 3.44. The molecule has 0 spiro atoms. The lowest BCUT2D eigenvalue weighted by Crippen LogP contribution is -2.48. The Hall–Kier alpha value is -1.93. The number of nitrogens with zero attached hydrogens (tertiary/aromatic N) is 2. The maximum absolute atomic E-state index is 11.9. The summed E-state index contributed by atoms with van der Waals surface area (Å²) in [6, 6.07) is 3.76. The topological polar surface area (TPSA) is 68.2 Å². The monoisotopic (exact) mass is 380 g/mol. The predicted molar refractivity (Wildman–Crippen MR) is 105 cm³/mol. The number of aromatic nitrogens is 2. The summed E-state index contributed by atoms with van der Waals surface area (Å²) in [4.78, 5) is 12.9. The average molecular weight is 381 g/mol. The third kappa shape index (κ3) is 5.27. The normalized spacial score (nSPS) is 12.5. The number of hydrogen-bond donors (Lipinski definition) is 2. The zero-order chi connectivity index (χ0) is 18.6. The number of anilines is 1. The summed E-state index contributed by atoms with van der Waals surface area (Å²) in [5.41, 5.74) is 0.461. The highest BCUT2D eigenvalue weighted by atomic mass is 32.1. The van der Waals surface area contributed by atoms with E-state index < -0.39 is 0 Å². The Balaban J connectivity index is 2.10. The number of ether oxygens (including phenoxy) is 1. The van der Waals surface area contributed by atoms with E-state index in [1.54, 1.807) is 12.3 Å². The van der Waals surface area contributed by atoms with Crippen LogP contribution in [0.5, 0.6) is 0 Å². The van der Waals surface area contributed by atoms with Gasteiger partial charge in [0.15, 0.2) is 5.11 Å². The van der Waals surface area contributed by atoms with Crippen molar-refractivity contribution in [3.8, 4) is 0 Å². The molecule has 0 radical (unpaired) electrons. The van der Waals surface area contributed by atoms with Crippen LogP contribution in [0.2, 0.25) is 0 Å². The van der Waals surface area contributed by atoms with Gasteiger partial charge in [-0.1, -0.05) is 20.8 Å². The number of esters is 1. The van der Waals surface area contributed by atoms with Gasteiger partial charge in [0.05, 0.1) is 25.3 Å². The largest absolute Gasteiger partial charge is 0.465 e. The fourth-order valence-electron chi connectivity index (χ4n) is 2.30. The van der Waals surface area contributed by atoms with Crippen LogP contribution in [0.3, 0.4) is 0 Å². The van der Waals surface area contributed by atoms with Gasteiger partial charge < -0.3 is 15.4 Å². The number of carbonyl (C=O) groups is 1. The van der Waals surface area contributed by atoms with E-state index in [1.807, 2.05) is 23.9 Å². The van der Waals surface area contributed by atoms with Gasteiger partial charge in [-0.3, -0.25) is 4.68 Å². The zero-order valence-electron chi connectivity index (χ0n) is 15.1. The molecule has 136 valence electrons. The second-order valence-corrected chi connectivity index (χ2v) is 8.50. The molecule has 2 rings (SSSR count). The van der Waals surface area contributed by atoms with Gasteiger partial charge in [0, 0.05) is 17.3 Å². The lowest BCUT2D eigenvalue weighted by atomic mass is 9.87. The van der Waals surface area contributed by atoms with E-state index in [2.05, 4.69) is 36.5 Å². The SMILES string of the molecule is COC(=O)c1cc(C)sc1NC(=S)NC(Cn1cccn1)C(C)(C)C. The standard InChI is InChI=1S/C17H24N4O2S2/c1-11-9-12(15(22)23-5)14(25-11)20-16(24)19-13(17(2,3)4)10-21-8-6-7-18-21/h6-9,13H,10H2,1-5H3,(H2,19,20,24). The van der Waals surface area contributed by atoms with Crippen LogP contribution in [-0.2, 0) is 11.3 Å². The van der Waals surface area contributed by atoms with Crippen LogP contribution in [-0.4, -0.2) is 34.0 Å². The molecule has 1 unspecified atom stereocenters. The van der Waals surface area contributed by atoms with E-state index in [1.165, 1.54) is 18.4 Å². The van der Waals surface area contributed by atoms with Gasteiger partial charge in [-0.2, -0.15) is 5.10 Å². The molecule has 6 nitrogen and oxygen atoms in total. The summed E-state index contributed by atoms with van der Waals surface area (Å²) in [7, 11) is 1.37. The fourth-order valence-corrected chi connectivity index (χ4v) is 3.51. The molecule has 8 heteroatoms. The van der Waals surface area contributed by atoms with Crippen molar-refractivity contribution in [1.82, 2.24) is 15.1 Å². The first-order valence-corrected chi connectivity index (χ1v) is 9.17. The van der Waals surface area contributed by atoms with Gasteiger partial charge >= 0.3 is 5.97 Å². The summed E-state index contributed by atoms with van der Waals surface area (Å²) >= 11 is 6.94. The minimum absolute atomic E-state index is 0.0335. The molecule has 2 heterocycles. The maximum Gasteiger partial charge on any atom is 0.340 e. The van der Waals surface area contributed by atoms with Crippen LogP contribution in [0, 0.1) is 12.3 Å². The molecule has 0 aliphatic carbocycles. The van der Waals surface area contributed by atoms with Gasteiger partial charge in [-0.15, -0.1) is 11.3 Å². The molecular formula is C17H24N4O2S2. The van der Waals surface area contributed by atoms with Gasteiger partial charge in [0.2, 0.25) is 0 Å². The highest BCUT2D eigenvalue weighted by Gasteiger charge is 2.26. The molecule has 0 aromatic carbocycles. The summed E-state index contributed by atoms with van der Waals surface area (Å²) in [5, 5.41) is 11.9. The Morgan fingerprint density at radius 3 is 2.76 bits per heavy atom. The van der Waals surface area contributed by atoms with Crippen molar-refractivity contribution < 1.29 is 9.53 Å². The second-order valence-electron chi connectivity index (χ2n) is 6.84. The number of nitrogens with one attached hydrogen (secondary N) is 2. The Kier molecular flexibility index (Phi) is 6.18. The number of carbonyl (C=O) groups excluding carboxylic acids is 1. The first kappa shape index (κ1) is 19.4. The van der Waals surface area contributed by atoms with E-state index in [0.29, 0.717) is 22.2 Å². The van der Waals surface area contributed by atoms with Gasteiger partial charge in [-0.05, 0) is 36.7 Å². The molecule has 0 aliphatic heterocycles. The fraction of sp³-hybridized carbons (Fsp3) is 0.471. The zero-order valence-corrected chi connectivity index (χ0v) is 16.8. The minimum atomic E-state index is -0.376. The van der Waals surface area contributed by atoms with E-state index in [0.717, 1.165) is 4.88 Å². The number of hydrogen-bond acceptors (Lipinski definition) is 5. The molecule has 2 N–H and O–H groups in total. The average Bonchev–Trinajstić information content (AvgIpc) is 3.14. The lowest BCUT2D eigenvalue weighted by molar-refractivity contribution is 0.0602. The number of thiophene rings is 1. The molecule has 25 heavy (non-hydrogen) atoms. The van der Waals surface area contributed by atoms with Crippen LogP contribution in [0.4, 0.5) is 5.00 Å². The molecule has 0 aliphatic rings. The highest BCUT2D eigenvalue weighted by Crippen LogP contribution is 2.28. The summed E-state index contributed by atoms with van der Waals surface area (Å²) in [5.74, 6) is -0.376. The van der Waals surface area contributed by atoms with E-state index >= 15 is 0 Å². The second kappa shape index (κ2) is 7.97. The van der Waals surface area contributed by atoms with Crippen LogP contribution >= 0.6 is 23.6 Å². The molecule has 0 saturated carbocycles. The van der Waals surface area contributed by atoms with Gasteiger partial charge in [0.1, 0.15) is 5.00 Å². The van der Waals surface area contributed by atoms with E-state index in [9.17, 15) is 4.79 Å². The quantitative estimate of drug-likeness (QED) is 0.612. The first-order valence-electron chi connectivity index (χ1n) is 7.94. The van der Waals surface area contributed by atoms with Crippen LogP contribution < -0.4 is 10.6 Å². The van der Waals surface area contributed by atoms with Crippen LogP contribution in [0.1, 0.15) is 36.0 Å². The van der Waals surface area contributed by atoms with Gasteiger partial charge in [0.25, 0.3) is 0 Å². The molecule has 0 saturated heterocycles. The Morgan fingerprint density at radius 1 is 1.48 bits per heavy atom. The summed E-state index contributed by atoms with van der Waals surface area (Å²) in [6.07, 6.45) is 3.68. The van der Waals surface area contributed by atoms with Crippen LogP contribution in [0.25, 0.3) is 0 Å². The van der Waals surface area contributed by atoms with Crippen LogP contribution in [0.15, 0.2) is 24.5 Å². The van der Waals surface area contributed by atoms with Crippen molar-refractivity contribution >= 4 is 39.6 Å². The molecule has 2 aromatic heterocycles. The molecule has 0 amide bonds. The lowest BCUT2D eigenvalue weighted by Gasteiger charge is -2.32. The van der Waals surface area contributed by atoms with Crippen molar-refractivity contribution in [3.05, 3.63) is 35.0 Å². The molecule has 0 bridgehead atoms. The van der Waals surface area contributed by atoms with E-state index in [4.69, 9.17) is 17.0 Å². The third-order valence-corrected chi connectivity index (χ3v) is 4.95. The minimum Gasteiger partial charge on any atom is -0.465 e. The number of aryl methyl sites for hydroxylation is 1. The molecule has 1 atom stereocenters. The number of thiocarbonyl (C=S) groups is 1. The van der Waals surface area contributed by atoms with Crippen molar-refractivity contribution in [2.45, 2.75) is 40.3 Å². The van der Waals surface area contributed by atoms with Gasteiger partial charge in [-0.25, -0.2) is 4.79 Å². The number of rotatable bonds is 5. The van der Waals surface area contributed by atoms with Crippen molar-refractivity contribution in [2.24, 2.45) is 5.41 Å². The highest BCUT2D eigenvalue weighted by molar-refractivity contribution is 7.80. The Morgan fingerprint density at radius 2 is 2.20 bits per heavy atom. The summed E-state index contributed by atoms with van der Waals surface area (Å²) < 4.78 is 6.71.